The second-order valence-electron chi connectivity index (χ2n) is 6.92. The maximum atomic E-state index is 14.3. The summed E-state index contributed by atoms with van der Waals surface area (Å²) in [6, 6.07) is 10.3. The first-order valence-corrected chi connectivity index (χ1v) is 9.34. The molecule has 2 aromatic rings. The highest BCUT2D eigenvalue weighted by Gasteiger charge is 2.34. The van der Waals surface area contributed by atoms with Crippen LogP contribution < -0.4 is 0 Å². The average Bonchev–Trinajstić information content (AvgIpc) is 2.69. The van der Waals surface area contributed by atoms with E-state index in [0.717, 1.165) is 0 Å². The number of carbonyl (C=O) groups is 3. The molecule has 0 radical (unpaired) electrons. The zero-order valence-corrected chi connectivity index (χ0v) is 16.2. The summed E-state index contributed by atoms with van der Waals surface area (Å²) < 4.78 is 14.3. The van der Waals surface area contributed by atoms with E-state index in [1.165, 1.54) is 25.1 Å². The van der Waals surface area contributed by atoms with Crippen LogP contribution in [-0.4, -0.2) is 53.1 Å². The molecule has 0 spiro atoms. The number of nitrogens with zero attached hydrogens (tertiary/aromatic N) is 2. The molecule has 1 heterocycles. The summed E-state index contributed by atoms with van der Waals surface area (Å²) >= 11 is 0. The van der Waals surface area contributed by atoms with Crippen LogP contribution >= 0.6 is 0 Å². The lowest BCUT2D eigenvalue weighted by Crippen LogP contribution is -2.57. The minimum atomic E-state index is -0.539. The number of benzene rings is 2. The van der Waals surface area contributed by atoms with Crippen molar-refractivity contribution in [2.45, 2.75) is 26.8 Å². The van der Waals surface area contributed by atoms with E-state index < -0.39 is 11.9 Å². The molecule has 2 amide bonds. The molecule has 1 saturated heterocycles. The quantitative estimate of drug-likeness (QED) is 0.762. The number of carbonyl (C=O) groups excluding carboxylic acids is 3. The van der Waals surface area contributed by atoms with Gasteiger partial charge in [0.2, 0.25) is 5.91 Å². The maximum Gasteiger partial charge on any atom is 0.254 e. The van der Waals surface area contributed by atoms with Gasteiger partial charge >= 0.3 is 0 Å². The van der Waals surface area contributed by atoms with Gasteiger partial charge in [0.25, 0.3) is 5.91 Å². The first-order valence-electron chi connectivity index (χ1n) is 9.34. The Bertz CT molecular complexity index is 941. The van der Waals surface area contributed by atoms with Crippen LogP contribution in [0.3, 0.4) is 0 Å². The van der Waals surface area contributed by atoms with Gasteiger partial charge in [-0.2, -0.15) is 0 Å². The monoisotopic (exact) mass is 382 g/mol. The molecule has 0 aliphatic carbocycles. The number of likely N-dealkylation sites (N-methyl/N-ethyl adjacent to an activating group) is 1. The van der Waals surface area contributed by atoms with Gasteiger partial charge in [-0.3, -0.25) is 14.4 Å². The second-order valence-corrected chi connectivity index (χ2v) is 6.92. The van der Waals surface area contributed by atoms with Gasteiger partial charge in [0.1, 0.15) is 11.9 Å². The van der Waals surface area contributed by atoms with Crippen molar-refractivity contribution in [2.75, 3.05) is 19.6 Å². The lowest BCUT2D eigenvalue weighted by Gasteiger charge is -2.38. The van der Waals surface area contributed by atoms with E-state index >= 15 is 0 Å². The minimum Gasteiger partial charge on any atom is -0.339 e. The molecule has 0 aromatic heterocycles. The van der Waals surface area contributed by atoms with Crippen molar-refractivity contribution in [3.8, 4) is 11.1 Å². The fourth-order valence-corrected chi connectivity index (χ4v) is 3.47. The van der Waals surface area contributed by atoms with Gasteiger partial charge in [0.05, 0.1) is 0 Å². The number of hydrogen-bond acceptors (Lipinski definition) is 3. The molecule has 5 nitrogen and oxygen atoms in total. The SMILES string of the molecule is CCN1CCN(C(=O)c2cccc(-c3cc(C(C)=O)ccc3F)c2)C(C)C1=O. The number of hydrogen-bond donors (Lipinski definition) is 0. The summed E-state index contributed by atoms with van der Waals surface area (Å²) in [4.78, 5) is 40.3. The topological polar surface area (TPSA) is 57.7 Å². The van der Waals surface area contributed by atoms with Gasteiger partial charge < -0.3 is 9.80 Å². The van der Waals surface area contributed by atoms with Crippen molar-refractivity contribution in [2.24, 2.45) is 0 Å². The lowest BCUT2D eigenvalue weighted by molar-refractivity contribution is -0.139. The molecule has 1 unspecified atom stereocenters. The van der Waals surface area contributed by atoms with Gasteiger partial charge in [-0.25, -0.2) is 4.39 Å². The minimum absolute atomic E-state index is 0.0709. The molecule has 146 valence electrons. The summed E-state index contributed by atoms with van der Waals surface area (Å²) in [6.45, 7) is 6.63. The van der Waals surface area contributed by atoms with Gasteiger partial charge in [0, 0.05) is 36.3 Å². The molecule has 0 saturated carbocycles. The van der Waals surface area contributed by atoms with Crippen LogP contribution in [0.25, 0.3) is 11.1 Å². The average molecular weight is 382 g/mol. The summed E-state index contributed by atoms with van der Waals surface area (Å²) in [7, 11) is 0. The van der Waals surface area contributed by atoms with Crippen molar-refractivity contribution < 1.29 is 18.8 Å². The summed E-state index contributed by atoms with van der Waals surface area (Å²) in [5.41, 5.74) is 1.57. The van der Waals surface area contributed by atoms with E-state index in [0.29, 0.717) is 36.3 Å². The highest BCUT2D eigenvalue weighted by atomic mass is 19.1. The Morgan fingerprint density at radius 3 is 2.54 bits per heavy atom. The molecule has 0 N–H and O–H groups in total. The summed E-state index contributed by atoms with van der Waals surface area (Å²) in [6.07, 6.45) is 0. The number of piperazine rings is 1. The van der Waals surface area contributed by atoms with E-state index in [9.17, 15) is 18.8 Å². The van der Waals surface area contributed by atoms with Crippen LogP contribution in [0.15, 0.2) is 42.5 Å². The third-order valence-corrected chi connectivity index (χ3v) is 5.18. The van der Waals surface area contributed by atoms with Crippen molar-refractivity contribution in [1.82, 2.24) is 9.80 Å². The summed E-state index contributed by atoms with van der Waals surface area (Å²) in [5.74, 6) is -0.954. The molecule has 2 aromatic carbocycles. The molecule has 3 rings (SSSR count). The Kier molecular flexibility index (Phi) is 5.58. The van der Waals surface area contributed by atoms with E-state index in [1.54, 1.807) is 41.0 Å². The van der Waals surface area contributed by atoms with Gasteiger partial charge in [0.15, 0.2) is 5.78 Å². The van der Waals surface area contributed by atoms with Gasteiger partial charge in [-0.1, -0.05) is 12.1 Å². The lowest BCUT2D eigenvalue weighted by atomic mass is 9.98. The van der Waals surface area contributed by atoms with Crippen LogP contribution in [0.5, 0.6) is 0 Å². The largest absolute Gasteiger partial charge is 0.339 e. The smallest absolute Gasteiger partial charge is 0.254 e. The van der Waals surface area contributed by atoms with E-state index in [4.69, 9.17) is 0 Å². The molecule has 1 atom stereocenters. The Morgan fingerprint density at radius 1 is 1.11 bits per heavy atom. The first kappa shape index (κ1) is 19.7. The Morgan fingerprint density at radius 2 is 1.86 bits per heavy atom. The fourth-order valence-electron chi connectivity index (χ4n) is 3.47. The van der Waals surface area contributed by atoms with E-state index in [2.05, 4.69) is 0 Å². The van der Waals surface area contributed by atoms with Crippen molar-refractivity contribution in [3.63, 3.8) is 0 Å². The zero-order valence-electron chi connectivity index (χ0n) is 16.2. The summed E-state index contributed by atoms with van der Waals surface area (Å²) in [5, 5.41) is 0. The third kappa shape index (κ3) is 3.67. The first-order chi connectivity index (χ1) is 13.3. The zero-order chi connectivity index (χ0) is 20.4. The number of Topliss-reactive ketones (excluding diaryl/α,β-unsaturated/α-hetero) is 1. The van der Waals surface area contributed by atoms with E-state index in [1.807, 2.05) is 6.92 Å². The molecule has 1 aliphatic rings. The highest BCUT2D eigenvalue weighted by Crippen LogP contribution is 2.26. The molecule has 6 heteroatoms. The molecule has 0 bridgehead atoms. The van der Waals surface area contributed by atoms with E-state index in [-0.39, 0.29) is 23.2 Å². The Labute approximate surface area is 163 Å². The fraction of sp³-hybridized carbons (Fsp3) is 0.318. The van der Waals surface area contributed by atoms with Crippen molar-refractivity contribution in [3.05, 3.63) is 59.4 Å². The molecule has 1 aliphatic heterocycles. The number of amides is 2. The number of ketones is 1. The number of rotatable bonds is 4. The second kappa shape index (κ2) is 7.92. The van der Waals surface area contributed by atoms with Gasteiger partial charge in [-0.15, -0.1) is 0 Å². The Hall–Kier alpha value is -3.02. The van der Waals surface area contributed by atoms with Crippen LogP contribution in [0.4, 0.5) is 4.39 Å². The maximum absolute atomic E-state index is 14.3. The third-order valence-electron chi connectivity index (χ3n) is 5.18. The Balaban J connectivity index is 1.92. The van der Waals surface area contributed by atoms with Crippen LogP contribution in [-0.2, 0) is 4.79 Å². The predicted molar refractivity (Wildman–Crippen MR) is 105 cm³/mol. The van der Waals surface area contributed by atoms with Crippen molar-refractivity contribution in [1.29, 1.82) is 0 Å². The van der Waals surface area contributed by atoms with Gasteiger partial charge in [-0.05, 0) is 56.7 Å². The van der Waals surface area contributed by atoms with Crippen LogP contribution in [0, 0.1) is 5.82 Å². The molecule has 28 heavy (non-hydrogen) atoms. The highest BCUT2D eigenvalue weighted by molar-refractivity contribution is 5.99. The number of halogens is 1. The normalized spacial score (nSPS) is 17.0. The van der Waals surface area contributed by atoms with Crippen LogP contribution in [0.1, 0.15) is 41.5 Å². The van der Waals surface area contributed by atoms with Crippen LogP contribution in [0.2, 0.25) is 0 Å². The molecular weight excluding hydrogens is 359 g/mol. The molecular formula is C22H23FN2O3. The van der Waals surface area contributed by atoms with Crippen molar-refractivity contribution >= 4 is 17.6 Å². The predicted octanol–water partition coefficient (Wildman–Crippen LogP) is 3.39. The molecule has 1 fully saturated rings. The standard InChI is InChI=1S/C22H23FN2O3/c1-4-24-10-11-25(14(2)21(24)27)22(28)18-7-5-6-17(12-18)19-13-16(15(3)26)8-9-20(19)23/h5-9,12-14H,4,10-11H2,1-3H3.